The molecule has 0 spiro atoms. The molecular weight excluding hydrogens is 261 g/mol. The van der Waals surface area contributed by atoms with Gasteiger partial charge in [-0.05, 0) is 6.07 Å². The molecule has 1 rings (SSSR count). The third-order valence-corrected chi connectivity index (χ3v) is 2.46. The molecule has 0 saturated carbocycles. The van der Waals surface area contributed by atoms with Crippen LogP contribution in [0.5, 0.6) is 5.75 Å². The number of benzene rings is 1. The molecule has 0 aliphatic carbocycles. The van der Waals surface area contributed by atoms with Gasteiger partial charge in [0.05, 0.1) is 6.42 Å². The molecule has 1 aromatic carbocycles. The molecule has 19 heavy (non-hydrogen) atoms. The normalized spacial score (nSPS) is 11.4. The number of alkyl halides is 3. The van der Waals surface area contributed by atoms with Gasteiger partial charge in [0.2, 0.25) is 5.91 Å². The highest BCUT2D eigenvalue weighted by molar-refractivity contribution is 5.79. The number of nitrogens with two attached hydrogens (primary N) is 1. The van der Waals surface area contributed by atoms with E-state index in [0.29, 0.717) is 4.90 Å². The summed E-state index contributed by atoms with van der Waals surface area (Å²) in [5, 5.41) is 9.49. The number of phenolic OH excluding ortho intramolecular Hbond substituents is 1. The second-order valence-electron chi connectivity index (χ2n) is 4.02. The zero-order valence-corrected chi connectivity index (χ0v) is 10.2. The summed E-state index contributed by atoms with van der Waals surface area (Å²) in [6, 6.07) is 6.02. The molecule has 0 aliphatic heterocycles. The van der Waals surface area contributed by atoms with Gasteiger partial charge in [-0.3, -0.25) is 4.79 Å². The number of rotatable bonds is 5. The van der Waals surface area contributed by atoms with Crippen LogP contribution >= 0.6 is 0 Å². The van der Waals surface area contributed by atoms with Crippen molar-refractivity contribution in [1.29, 1.82) is 0 Å². The zero-order valence-electron chi connectivity index (χ0n) is 10.2. The lowest BCUT2D eigenvalue weighted by Gasteiger charge is -2.23. The quantitative estimate of drug-likeness (QED) is 0.851. The molecule has 0 atom stereocenters. The van der Waals surface area contributed by atoms with Crippen LogP contribution in [0.15, 0.2) is 24.3 Å². The average molecular weight is 276 g/mol. The van der Waals surface area contributed by atoms with E-state index in [1.807, 2.05) is 0 Å². The van der Waals surface area contributed by atoms with Crippen molar-refractivity contribution in [2.24, 2.45) is 5.73 Å². The van der Waals surface area contributed by atoms with Gasteiger partial charge < -0.3 is 15.7 Å². The van der Waals surface area contributed by atoms with Crippen LogP contribution < -0.4 is 5.73 Å². The van der Waals surface area contributed by atoms with Crippen molar-refractivity contribution in [2.45, 2.75) is 12.6 Å². The van der Waals surface area contributed by atoms with Gasteiger partial charge >= 0.3 is 6.18 Å². The molecule has 0 fully saturated rings. The highest BCUT2D eigenvalue weighted by atomic mass is 19.4. The molecule has 0 aliphatic rings. The van der Waals surface area contributed by atoms with Crippen molar-refractivity contribution in [2.75, 3.05) is 19.6 Å². The Labute approximate surface area is 108 Å². The molecule has 0 bridgehead atoms. The molecular formula is C12H15F3N2O2. The van der Waals surface area contributed by atoms with Crippen molar-refractivity contribution < 1.29 is 23.1 Å². The van der Waals surface area contributed by atoms with Crippen LogP contribution in [-0.4, -0.2) is 41.7 Å². The first-order valence-electron chi connectivity index (χ1n) is 5.65. The van der Waals surface area contributed by atoms with Crippen molar-refractivity contribution in [3.8, 4) is 5.75 Å². The van der Waals surface area contributed by atoms with Gasteiger partial charge in [-0.2, -0.15) is 13.2 Å². The number of hydrogen-bond acceptors (Lipinski definition) is 3. The van der Waals surface area contributed by atoms with Gasteiger partial charge in [0, 0.05) is 18.7 Å². The molecule has 0 heterocycles. The van der Waals surface area contributed by atoms with Crippen LogP contribution in [0, 0.1) is 0 Å². The van der Waals surface area contributed by atoms with Crippen molar-refractivity contribution in [3.05, 3.63) is 29.8 Å². The largest absolute Gasteiger partial charge is 0.508 e. The minimum Gasteiger partial charge on any atom is -0.508 e. The van der Waals surface area contributed by atoms with Crippen LogP contribution in [0.4, 0.5) is 13.2 Å². The lowest BCUT2D eigenvalue weighted by atomic mass is 10.1. The first-order chi connectivity index (χ1) is 8.83. The molecule has 1 aromatic rings. The van der Waals surface area contributed by atoms with E-state index in [0.717, 1.165) is 0 Å². The lowest BCUT2D eigenvalue weighted by Crippen LogP contribution is -2.42. The van der Waals surface area contributed by atoms with Gasteiger partial charge in [-0.1, -0.05) is 18.2 Å². The fourth-order valence-electron chi connectivity index (χ4n) is 1.60. The number of nitrogens with zero attached hydrogens (tertiary/aromatic N) is 1. The Morgan fingerprint density at radius 2 is 1.95 bits per heavy atom. The second kappa shape index (κ2) is 6.42. The maximum Gasteiger partial charge on any atom is 0.406 e. The summed E-state index contributed by atoms with van der Waals surface area (Å²) in [6.45, 7) is -1.56. The van der Waals surface area contributed by atoms with Crippen molar-refractivity contribution in [1.82, 2.24) is 4.90 Å². The summed E-state index contributed by atoms with van der Waals surface area (Å²) < 4.78 is 37.0. The molecule has 1 amide bonds. The summed E-state index contributed by atoms with van der Waals surface area (Å²) in [6.07, 6.45) is -4.76. The number of carbonyl (C=O) groups is 1. The molecule has 3 N–H and O–H groups in total. The zero-order chi connectivity index (χ0) is 14.5. The lowest BCUT2D eigenvalue weighted by molar-refractivity contribution is -0.160. The van der Waals surface area contributed by atoms with E-state index < -0.39 is 18.6 Å². The van der Waals surface area contributed by atoms with E-state index in [-0.39, 0.29) is 30.8 Å². The molecule has 0 unspecified atom stereocenters. The van der Waals surface area contributed by atoms with E-state index in [9.17, 15) is 23.1 Å². The molecule has 0 radical (unpaired) electrons. The fourth-order valence-corrected chi connectivity index (χ4v) is 1.60. The SMILES string of the molecule is NCCN(CC(F)(F)F)C(=O)Cc1ccccc1O. The third-order valence-electron chi connectivity index (χ3n) is 2.46. The molecule has 0 aromatic heterocycles. The summed E-state index contributed by atoms with van der Waals surface area (Å²) in [4.78, 5) is 12.4. The van der Waals surface area contributed by atoms with Crippen LogP contribution in [0.2, 0.25) is 0 Å². The third kappa shape index (κ3) is 5.17. The summed E-state index contributed by atoms with van der Waals surface area (Å²) >= 11 is 0. The van der Waals surface area contributed by atoms with E-state index in [2.05, 4.69) is 0 Å². The fraction of sp³-hybridized carbons (Fsp3) is 0.417. The maximum atomic E-state index is 12.3. The number of phenols is 1. The van der Waals surface area contributed by atoms with Crippen LogP contribution in [0.3, 0.4) is 0 Å². The predicted molar refractivity (Wildman–Crippen MR) is 63.5 cm³/mol. The molecule has 7 heteroatoms. The van der Waals surface area contributed by atoms with E-state index in [4.69, 9.17) is 5.73 Å². The highest BCUT2D eigenvalue weighted by Crippen LogP contribution is 2.19. The maximum absolute atomic E-state index is 12.3. The smallest absolute Gasteiger partial charge is 0.406 e. The van der Waals surface area contributed by atoms with Gasteiger partial charge in [-0.15, -0.1) is 0 Å². The van der Waals surface area contributed by atoms with Gasteiger partial charge in [-0.25, -0.2) is 0 Å². The topological polar surface area (TPSA) is 66.6 Å². The van der Waals surface area contributed by atoms with E-state index >= 15 is 0 Å². The number of aromatic hydroxyl groups is 1. The Bertz CT molecular complexity index is 435. The second-order valence-corrected chi connectivity index (χ2v) is 4.02. The summed E-state index contributed by atoms with van der Waals surface area (Å²) in [5.41, 5.74) is 5.49. The first-order valence-corrected chi connectivity index (χ1v) is 5.65. The van der Waals surface area contributed by atoms with Crippen LogP contribution in [0.1, 0.15) is 5.56 Å². The van der Waals surface area contributed by atoms with Crippen LogP contribution in [-0.2, 0) is 11.2 Å². The minimum atomic E-state index is -4.47. The summed E-state index contributed by atoms with van der Waals surface area (Å²) in [7, 11) is 0. The van der Waals surface area contributed by atoms with Crippen molar-refractivity contribution in [3.63, 3.8) is 0 Å². The number of carbonyl (C=O) groups excluding carboxylic acids is 1. The van der Waals surface area contributed by atoms with E-state index in [1.54, 1.807) is 12.1 Å². The number of halogens is 3. The van der Waals surface area contributed by atoms with Crippen molar-refractivity contribution >= 4 is 5.91 Å². The molecule has 0 saturated heterocycles. The molecule has 4 nitrogen and oxygen atoms in total. The Balaban J connectivity index is 2.75. The molecule has 106 valence electrons. The Morgan fingerprint density at radius 3 is 2.47 bits per heavy atom. The Hall–Kier alpha value is -1.76. The number of amides is 1. The average Bonchev–Trinajstić information content (AvgIpc) is 2.30. The standard InChI is InChI=1S/C12H15F3N2O2/c13-12(14,15)8-17(6-5-16)11(19)7-9-3-1-2-4-10(9)18/h1-4,18H,5-8,16H2. The van der Waals surface area contributed by atoms with Gasteiger partial charge in [0.25, 0.3) is 0 Å². The van der Waals surface area contributed by atoms with Gasteiger partial charge in [0.1, 0.15) is 12.3 Å². The Kier molecular flexibility index (Phi) is 5.17. The van der Waals surface area contributed by atoms with Crippen LogP contribution in [0.25, 0.3) is 0 Å². The van der Waals surface area contributed by atoms with E-state index in [1.165, 1.54) is 12.1 Å². The first kappa shape index (κ1) is 15.3. The summed E-state index contributed by atoms with van der Waals surface area (Å²) in [5.74, 6) is -0.833. The highest BCUT2D eigenvalue weighted by Gasteiger charge is 2.32. The van der Waals surface area contributed by atoms with Gasteiger partial charge in [0.15, 0.2) is 0 Å². The monoisotopic (exact) mass is 276 g/mol. The predicted octanol–water partition coefficient (Wildman–Crippen LogP) is 1.28. The number of hydrogen-bond donors (Lipinski definition) is 2. The minimum absolute atomic E-state index is 0.0530. The number of para-hydroxylation sites is 1. The Morgan fingerprint density at radius 1 is 1.32 bits per heavy atom.